The number of aromatic nitrogens is 5. The van der Waals surface area contributed by atoms with Gasteiger partial charge in [-0.05, 0) is 18.9 Å². The summed E-state index contributed by atoms with van der Waals surface area (Å²) in [5.41, 5.74) is 4.03. The smallest absolute Gasteiger partial charge is 0.255 e. The summed E-state index contributed by atoms with van der Waals surface area (Å²) in [4.78, 5) is 26.0. The first-order chi connectivity index (χ1) is 11.3. The average molecular weight is 326 g/mol. The van der Waals surface area contributed by atoms with Gasteiger partial charge in [0.15, 0.2) is 5.65 Å². The number of rotatable bonds is 4. The number of pyridine rings is 1. The van der Waals surface area contributed by atoms with Crippen LogP contribution in [0.5, 0.6) is 0 Å². The third-order valence-corrected chi connectivity index (χ3v) is 3.94. The quantitative estimate of drug-likeness (QED) is 0.798. The molecule has 1 amide bonds. The Morgan fingerprint density at radius 3 is 2.88 bits per heavy atom. The number of imidazole rings is 1. The molecule has 3 aromatic rings. The van der Waals surface area contributed by atoms with Gasteiger partial charge in [0.2, 0.25) is 0 Å². The summed E-state index contributed by atoms with van der Waals surface area (Å²) in [5.74, 6) is 1.03. The van der Waals surface area contributed by atoms with Gasteiger partial charge in [-0.15, -0.1) is 0 Å². The summed E-state index contributed by atoms with van der Waals surface area (Å²) >= 11 is 0. The highest BCUT2D eigenvalue weighted by molar-refractivity contribution is 5.96. The Morgan fingerprint density at radius 1 is 1.42 bits per heavy atom. The lowest BCUT2D eigenvalue weighted by atomic mass is 10.1. The number of aromatic amines is 1. The molecule has 0 atom stereocenters. The number of carbonyl (C=O) groups is 1. The van der Waals surface area contributed by atoms with Crippen molar-refractivity contribution in [3.8, 4) is 0 Å². The molecule has 7 nitrogen and oxygen atoms in total. The minimum Gasteiger partial charge on any atom is -0.341 e. The number of hydrogen-bond acceptors (Lipinski definition) is 4. The number of H-pyrrole nitrogens is 1. The number of carbonyl (C=O) groups excluding carboxylic acids is 1. The fourth-order valence-corrected chi connectivity index (χ4v) is 2.85. The Balaban J connectivity index is 1.83. The molecular formula is C17H22N6O. The van der Waals surface area contributed by atoms with E-state index in [2.05, 4.69) is 33.9 Å². The van der Waals surface area contributed by atoms with E-state index < -0.39 is 0 Å². The number of amides is 1. The van der Waals surface area contributed by atoms with Gasteiger partial charge in [-0.3, -0.25) is 9.48 Å². The van der Waals surface area contributed by atoms with E-state index in [1.165, 1.54) is 0 Å². The van der Waals surface area contributed by atoms with E-state index in [0.29, 0.717) is 23.7 Å². The van der Waals surface area contributed by atoms with Crippen LogP contribution in [0.3, 0.4) is 0 Å². The minimum absolute atomic E-state index is 0.0739. The standard InChI is InChI=1S/C17H22N6O/c1-10(2)15-13(9-23(5)21-15)8-22(4)17(24)12-6-14-16(18-7-12)20-11(3)19-14/h6-7,9-10H,8H2,1-5H3,(H,18,19,20). The molecule has 1 N–H and O–H groups in total. The molecule has 0 spiro atoms. The third kappa shape index (κ3) is 3.02. The largest absolute Gasteiger partial charge is 0.341 e. The maximum Gasteiger partial charge on any atom is 0.255 e. The predicted octanol–water partition coefficient (Wildman–Crippen LogP) is 2.40. The molecule has 126 valence electrons. The molecule has 0 fully saturated rings. The van der Waals surface area contributed by atoms with Gasteiger partial charge in [-0.25, -0.2) is 9.97 Å². The van der Waals surface area contributed by atoms with Crippen LogP contribution >= 0.6 is 0 Å². The second kappa shape index (κ2) is 6.07. The lowest BCUT2D eigenvalue weighted by Gasteiger charge is -2.17. The van der Waals surface area contributed by atoms with Crippen LogP contribution in [0.2, 0.25) is 0 Å². The summed E-state index contributed by atoms with van der Waals surface area (Å²) in [5, 5.41) is 4.49. The van der Waals surface area contributed by atoms with Crippen molar-refractivity contribution in [1.82, 2.24) is 29.6 Å². The van der Waals surface area contributed by atoms with E-state index in [4.69, 9.17) is 0 Å². The summed E-state index contributed by atoms with van der Waals surface area (Å²) in [6.45, 7) is 6.59. The van der Waals surface area contributed by atoms with Crippen molar-refractivity contribution in [3.05, 3.63) is 41.1 Å². The average Bonchev–Trinajstić information content (AvgIpc) is 3.07. The zero-order chi connectivity index (χ0) is 17.4. The molecule has 24 heavy (non-hydrogen) atoms. The van der Waals surface area contributed by atoms with Crippen molar-refractivity contribution < 1.29 is 4.79 Å². The fraction of sp³-hybridized carbons (Fsp3) is 0.412. The Morgan fingerprint density at radius 2 is 2.17 bits per heavy atom. The molecular weight excluding hydrogens is 304 g/mol. The van der Waals surface area contributed by atoms with Crippen molar-refractivity contribution in [2.75, 3.05) is 7.05 Å². The number of aryl methyl sites for hydroxylation is 2. The van der Waals surface area contributed by atoms with E-state index in [-0.39, 0.29) is 5.91 Å². The number of nitrogens with one attached hydrogen (secondary N) is 1. The van der Waals surface area contributed by atoms with Crippen molar-refractivity contribution in [2.45, 2.75) is 33.2 Å². The number of nitrogens with zero attached hydrogens (tertiary/aromatic N) is 5. The highest BCUT2D eigenvalue weighted by Crippen LogP contribution is 2.19. The molecule has 0 aliphatic rings. The zero-order valence-electron chi connectivity index (χ0n) is 14.7. The van der Waals surface area contributed by atoms with Crippen LogP contribution in [0.4, 0.5) is 0 Å². The molecule has 0 aromatic carbocycles. The molecule has 0 aliphatic carbocycles. The SMILES string of the molecule is Cc1nc2ncc(C(=O)N(C)Cc3cn(C)nc3C(C)C)cc2[nH]1. The molecule has 7 heteroatoms. The second-order valence-corrected chi connectivity index (χ2v) is 6.45. The van der Waals surface area contributed by atoms with Gasteiger partial charge in [0.1, 0.15) is 5.82 Å². The first-order valence-electron chi connectivity index (χ1n) is 7.95. The van der Waals surface area contributed by atoms with Crippen LogP contribution in [0.1, 0.15) is 47.2 Å². The van der Waals surface area contributed by atoms with Gasteiger partial charge in [0.05, 0.1) is 16.8 Å². The molecule has 0 saturated heterocycles. The summed E-state index contributed by atoms with van der Waals surface area (Å²) in [6.07, 6.45) is 3.55. The van der Waals surface area contributed by atoms with E-state index in [1.807, 2.05) is 20.2 Å². The minimum atomic E-state index is -0.0739. The van der Waals surface area contributed by atoms with Crippen LogP contribution in [-0.4, -0.2) is 42.6 Å². The molecule has 3 heterocycles. The molecule has 0 bridgehead atoms. The maximum atomic E-state index is 12.7. The lowest BCUT2D eigenvalue weighted by Crippen LogP contribution is -2.26. The Labute approximate surface area is 140 Å². The van der Waals surface area contributed by atoms with E-state index >= 15 is 0 Å². The van der Waals surface area contributed by atoms with Crippen LogP contribution < -0.4 is 0 Å². The van der Waals surface area contributed by atoms with Crippen molar-refractivity contribution in [3.63, 3.8) is 0 Å². The first kappa shape index (κ1) is 16.2. The van der Waals surface area contributed by atoms with E-state index in [0.717, 1.165) is 22.6 Å². The monoisotopic (exact) mass is 326 g/mol. The zero-order valence-corrected chi connectivity index (χ0v) is 14.7. The molecule has 0 saturated carbocycles. The predicted molar refractivity (Wildman–Crippen MR) is 91.7 cm³/mol. The highest BCUT2D eigenvalue weighted by atomic mass is 16.2. The van der Waals surface area contributed by atoms with Crippen LogP contribution in [-0.2, 0) is 13.6 Å². The number of hydrogen-bond donors (Lipinski definition) is 1. The topological polar surface area (TPSA) is 79.7 Å². The molecule has 0 unspecified atom stereocenters. The van der Waals surface area contributed by atoms with Crippen molar-refractivity contribution in [1.29, 1.82) is 0 Å². The highest BCUT2D eigenvalue weighted by Gasteiger charge is 2.18. The fourth-order valence-electron chi connectivity index (χ4n) is 2.85. The van der Waals surface area contributed by atoms with Gasteiger partial charge in [0, 0.05) is 38.6 Å². The normalized spacial score (nSPS) is 11.4. The Hall–Kier alpha value is -2.70. The van der Waals surface area contributed by atoms with E-state index in [9.17, 15) is 4.79 Å². The number of fused-ring (bicyclic) bond motifs is 1. The van der Waals surface area contributed by atoms with E-state index in [1.54, 1.807) is 28.9 Å². The molecule has 0 radical (unpaired) electrons. The first-order valence-corrected chi connectivity index (χ1v) is 7.95. The summed E-state index contributed by atoms with van der Waals surface area (Å²) in [6, 6.07) is 1.80. The van der Waals surface area contributed by atoms with Crippen molar-refractivity contribution >= 4 is 17.1 Å². The lowest BCUT2D eigenvalue weighted by molar-refractivity contribution is 0.0784. The van der Waals surface area contributed by atoms with Gasteiger partial charge < -0.3 is 9.88 Å². The second-order valence-electron chi connectivity index (χ2n) is 6.45. The molecule has 3 aromatic heterocycles. The van der Waals surface area contributed by atoms with Gasteiger partial charge in [-0.2, -0.15) is 5.10 Å². The maximum absolute atomic E-state index is 12.7. The molecule has 0 aliphatic heterocycles. The third-order valence-electron chi connectivity index (χ3n) is 3.94. The van der Waals surface area contributed by atoms with Crippen LogP contribution in [0.15, 0.2) is 18.5 Å². The Kier molecular flexibility index (Phi) is 4.09. The molecule has 3 rings (SSSR count). The Bertz CT molecular complexity index is 892. The van der Waals surface area contributed by atoms with Crippen LogP contribution in [0.25, 0.3) is 11.2 Å². The van der Waals surface area contributed by atoms with Gasteiger partial charge >= 0.3 is 0 Å². The van der Waals surface area contributed by atoms with Gasteiger partial charge in [0.25, 0.3) is 5.91 Å². The van der Waals surface area contributed by atoms with Crippen molar-refractivity contribution in [2.24, 2.45) is 7.05 Å². The van der Waals surface area contributed by atoms with Gasteiger partial charge in [-0.1, -0.05) is 13.8 Å². The summed E-state index contributed by atoms with van der Waals surface area (Å²) in [7, 11) is 3.69. The summed E-state index contributed by atoms with van der Waals surface area (Å²) < 4.78 is 1.80. The van der Waals surface area contributed by atoms with Crippen LogP contribution in [0, 0.1) is 6.92 Å².